The molecule has 1 aromatic heterocycles. The van der Waals surface area contributed by atoms with Gasteiger partial charge in [-0.2, -0.15) is 0 Å². The van der Waals surface area contributed by atoms with Crippen LogP contribution in [0.15, 0.2) is 28.9 Å². The Morgan fingerprint density at radius 1 is 1.69 bits per heavy atom. The van der Waals surface area contributed by atoms with Gasteiger partial charge in [-0.25, -0.2) is 0 Å². The second-order valence-electron chi connectivity index (χ2n) is 3.93. The molecule has 1 N–H and O–H groups in total. The summed E-state index contributed by atoms with van der Waals surface area (Å²) in [6.07, 6.45) is 4.87. The van der Waals surface area contributed by atoms with E-state index in [-0.39, 0.29) is 11.9 Å². The third kappa shape index (κ3) is 2.52. The lowest BCUT2D eigenvalue weighted by molar-refractivity contribution is -0.128. The fourth-order valence-corrected chi connectivity index (χ4v) is 1.80. The molecule has 2 rings (SSSR count). The first-order valence-electron chi connectivity index (χ1n) is 5.50. The van der Waals surface area contributed by atoms with Crippen molar-refractivity contribution < 1.29 is 9.21 Å². The first kappa shape index (κ1) is 11.0. The number of nitrogens with zero attached hydrogens (tertiary/aromatic N) is 1. The molecule has 1 fully saturated rings. The lowest BCUT2D eigenvalue weighted by atomic mass is 10.2. The van der Waals surface area contributed by atoms with Gasteiger partial charge in [0.25, 0.3) is 0 Å². The summed E-state index contributed by atoms with van der Waals surface area (Å²) in [6, 6.07) is 3.88. The van der Waals surface area contributed by atoms with Gasteiger partial charge in [0.15, 0.2) is 0 Å². The highest BCUT2D eigenvalue weighted by atomic mass is 16.3. The molecule has 4 nitrogen and oxygen atoms in total. The van der Waals surface area contributed by atoms with E-state index in [1.54, 1.807) is 24.5 Å². The van der Waals surface area contributed by atoms with E-state index in [2.05, 4.69) is 5.32 Å². The van der Waals surface area contributed by atoms with Crippen molar-refractivity contribution in [1.29, 1.82) is 0 Å². The maximum absolute atomic E-state index is 11.9. The molecule has 0 aliphatic carbocycles. The average Bonchev–Trinajstić information content (AvgIpc) is 2.79. The van der Waals surface area contributed by atoms with Crippen LogP contribution in [0.1, 0.15) is 12.7 Å². The van der Waals surface area contributed by atoms with Gasteiger partial charge in [-0.3, -0.25) is 4.79 Å². The van der Waals surface area contributed by atoms with Gasteiger partial charge in [0, 0.05) is 31.8 Å². The quantitative estimate of drug-likeness (QED) is 0.759. The zero-order valence-corrected chi connectivity index (χ0v) is 9.35. The summed E-state index contributed by atoms with van der Waals surface area (Å²) in [6.45, 7) is 4.54. The monoisotopic (exact) mass is 220 g/mol. The Labute approximate surface area is 94.9 Å². The van der Waals surface area contributed by atoms with E-state index in [1.165, 1.54) is 0 Å². The molecule has 0 saturated carbocycles. The standard InChI is InChI=1S/C12H16N2O2/c1-10-9-13-6-7-14(10)12(15)5-4-11-3-2-8-16-11/h2-5,8,10,13H,6-7,9H2,1H3/b5-4+/t10-/m1/s1. The van der Waals surface area contributed by atoms with Crippen LogP contribution >= 0.6 is 0 Å². The summed E-state index contributed by atoms with van der Waals surface area (Å²) in [5.74, 6) is 0.751. The fourth-order valence-electron chi connectivity index (χ4n) is 1.80. The van der Waals surface area contributed by atoms with Gasteiger partial charge < -0.3 is 14.6 Å². The fraction of sp³-hybridized carbons (Fsp3) is 0.417. The normalized spacial score (nSPS) is 21.6. The summed E-state index contributed by atoms with van der Waals surface area (Å²) in [5.41, 5.74) is 0. The largest absolute Gasteiger partial charge is 0.465 e. The predicted octanol–water partition coefficient (Wildman–Crippen LogP) is 1.11. The molecule has 1 aliphatic rings. The van der Waals surface area contributed by atoms with Crippen molar-refractivity contribution in [3.05, 3.63) is 30.2 Å². The summed E-state index contributed by atoms with van der Waals surface area (Å²) >= 11 is 0. The SMILES string of the molecule is C[C@@H]1CNCCN1C(=O)/C=C/c1ccco1. The molecule has 1 atom stereocenters. The number of nitrogens with one attached hydrogen (secondary N) is 1. The summed E-state index contributed by atoms with van der Waals surface area (Å²) in [7, 11) is 0. The summed E-state index contributed by atoms with van der Waals surface area (Å²) < 4.78 is 5.13. The van der Waals surface area contributed by atoms with Crippen molar-refractivity contribution in [2.45, 2.75) is 13.0 Å². The smallest absolute Gasteiger partial charge is 0.247 e. The molecule has 1 saturated heterocycles. The van der Waals surface area contributed by atoms with Crippen LogP contribution in [0, 0.1) is 0 Å². The van der Waals surface area contributed by atoms with E-state index in [4.69, 9.17) is 4.42 Å². The molecule has 0 bridgehead atoms. The minimum Gasteiger partial charge on any atom is -0.465 e. The maximum atomic E-state index is 11.9. The molecule has 1 aromatic rings. The Bertz CT molecular complexity index is 370. The number of piperazine rings is 1. The zero-order chi connectivity index (χ0) is 11.4. The number of furan rings is 1. The Morgan fingerprint density at radius 2 is 2.56 bits per heavy atom. The van der Waals surface area contributed by atoms with Gasteiger partial charge in [-0.05, 0) is 25.1 Å². The highest BCUT2D eigenvalue weighted by Gasteiger charge is 2.20. The summed E-state index contributed by atoms with van der Waals surface area (Å²) in [4.78, 5) is 13.7. The molecular weight excluding hydrogens is 204 g/mol. The van der Waals surface area contributed by atoms with E-state index in [9.17, 15) is 4.79 Å². The minimum absolute atomic E-state index is 0.0467. The molecule has 86 valence electrons. The van der Waals surface area contributed by atoms with Gasteiger partial charge in [-0.1, -0.05) is 0 Å². The van der Waals surface area contributed by atoms with E-state index in [1.807, 2.05) is 17.9 Å². The van der Waals surface area contributed by atoms with Crippen molar-refractivity contribution >= 4 is 12.0 Å². The lowest BCUT2D eigenvalue weighted by Crippen LogP contribution is -2.51. The van der Waals surface area contributed by atoms with Crippen LogP contribution in [0.3, 0.4) is 0 Å². The van der Waals surface area contributed by atoms with Gasteiger partial charge in [0.2, 0.25) is 5.91 Å². The number of amides is 1. The third-order valence-electron chi connectivity index (χ3n) is 2.72. The molecule has 0 unspecified atom stereocenters. The Balaban J connectivity index is 1.97. The Hall–Kier alpha value is -1.55. The number of carbonyl (C=O) groups is 1. The van der Waals surface area contributed by atoms with E-state index in [0.29, 0.717) is 5.76 Å². The van der Waals surface area contributed by atoms with Crippen LogP contribution < -0.4 is 5.32 Å². The molecular formula is C12H16N2O2. The van der Waals surface area contributed by atoms with Gasteiger partial charge in [0.1, 0.15) is 5.76 Å². The van der Waals surface area contributed by atoms with Gasteiger partial charge in [0.05, 0.1) is 6.26 Å². The molecule has 0 aromatic carbocycles. The Morgan fingerprint density at radius 3 is 3.25 bits per heavy atom. The van der Waals surface area contributed by atoms with Gasteiger partial charge >= 0.3 is 0 Å². The summed E-state index contributed by atoms with van der Waals surface area (Å²) in [5, 5.41) is 3.25. The first-order chi connectivity index (χ1) is 7.77. The number of carbonyl (C=O) groups excluding carboxylic acids is 1. The maximum Gasteiger partial charge on any atom is 0.247 e. The molecule has 1 amide bonds. The van der Waals surface area contributed by atoms with Crippen molar-refractivity contribution in [3.63, 3.8) is 0 Å². The van der Waals surface area contributed by atoms with Crippen LogP contribution in [-0.4, -0.2) is 36.5 Å². The van der Waals surface area contributed by atoms with Crippen LogP contribution in [-0.2, 0) is 4.79 Å². The predicted molar refractivity (Wildman–Crippen MR) is 61.8 cm³/mol. The van der Waals surface area contributed by atoms with Gasteiger partial charge in [-0.15, -0.1) is 0 Å². The minimum atomic E-state index is 0.0467. The lowest BCUT2D eigenvalue weighted by Gasteiger charge is -2.33. The molecule has 1 aliphatic heterocycles. The Kier molecular flexibility index (Phi) is 3.41. The van der Waals surface area contributed by atoms with Crippen molar-refractivity contribution in [1.82, 2.24) is 10.2 Å². The van der Waals surface area contributed by atoms with E-state index >= 15 is 0 Å². The average molecular weight is 220 g/mol. The van der Waals surface area contributed by atoms with Crippen LogP contribution in [0.2, 0.25) is 0 Å². The van der Waals surface area contributed by atoms with Crippen LogP contribution in [0.5, 0.6) is 0 Å². The van der Waals surface area contributed by atoms with Crippen molar-refractivity contribution in [2.75, 3.05) is 19.6 Å². The molecule has 0 spiro atoms. The van der Waals surface area contributed by atoms with E-state index in [0.717, 1.165) is 19.6 Å². The molecule has 16 heavy (non-hydrogen) atoms. The molecule has 2 heterocycles. The highest BCUT2D eigenvalue weighted by Crippen LogP contribution is 2.06. The second-order valence-corrected chi connectivity index (χ2v) is 3.93. The van der Waals surface area contributed by atoms with Crippen LogP contribution in [0.25, 0.3) is 6.08 Å². The third-order valence-corrected chi connectivity index (χ3v) is 2.72. The van der Waals surface area contributed by atoms with Crippen molar-refractivity contribution in [2.24, 2.45) is 0 Å². The second kappa shape index (κ2) is 4.99. The highest BCUT2D eigenvalue weighted by molar-refractivity contribution is 5.91. The van der Waals surface area contributed by atoms with Crippen LogP contribution in [0.4, 0.5) is 0 Å². The molecule has 4 heteroatoms. The molecule has 0 radical (unpaired) electrons. The number of rotatable bonds is 2. The van der Waals surface area contributed by atoms with Crippen molar-refractivity contribution in [3.8, 4) is 0 Å². The number of hydrogen-bond acceptors (Lipinski definition) is 3. The van der Waals surface area contributed by atoms with E-state index < -0.39 is 0 Å². The first-order valence-corrected chi connectivity index (χ1v) is 5.50. The number of hydrogen-bond donors (Lipinski definition) is 1. The topological polar surface area (TPSA) is 45.5 Å². The zero-order valence-electron chi connectivity index (χ0n) is 9.35.